The number of rotatable bonds is 7. The van der Waals surface area contributed by atoms with Crippen LogP contribution in [0.1, 0.15) is 18.9 Å². The fourth-order valence-electron chi connectivity index (χ4n) is 2.59. The Balaban J connectivity index is 1.93. The Hall–Kier alpha value is -2.56. The highest BCUT2D eigenvalue weighted by atomic mass is 35.5. The second kappa shape index (κ2) is 8.21. The molecular formula is C17H19ClFN5O3S. The minimum Gasteiger partial charge on any atom is -0.495 e. The summed E-state index contributed by atoms with van der Waals surface area (Å²) in [6.07, 6.45) is 5.19. The first kappa shape index (κ1) is 20.2. The van der Waals surface area contributed by atoms with Crippen molar-refractivity contribution < 1.29 is 17.5 Å². The van der Waals surface area contributed by atoms with Crippen molar-refractivity contribution >= 4 is 38.7 Å². The van der Waals surface area contributed by atoms with Crippen LogP contribution in [0.5, 0.6) is 5.75 Å². The first-order valence-corrected chi connectivity index (χ1v) is 10.4. The van der Waals surface area contributed by atoms with E-state index in [1.54, 1.807) is 31.6 Å². The summed E-state index contributed by atoms with van der Waals surface area (Å²) in [5.41, 5.74) is 7.03. The number of halogens is 2. The molecule has 0 aliphatic carbocycles. The molecule has 150 valence electrons. The summed E-state index contributed by atoms with van der Waals surface area (Å²) in [5.74, 6) is -0.124. The maximum atomic E-state index is 14.5. The lowest BCUT2D eigenvalue weighted by Crippen LogP contribution is -2.37. The molecule has 8 nitrogen and oxygen atoms in total. The van der Waals surface area contributed by atoms with Crippen molar-refractivity contribution in [3.63, 3.8) is 0 Å². The average Bonchev–Trinajstić information content (AvgIpc) is 3.14. The Morgan fingerprint density at radius 2 is 2.14 bits per heavy atom. The predicted octanol–water partition coefficient (Wildman–Crippen LogP) is 2.86. The smallest absolute Gasteiger partial charge is 0.232 e. The van der Waals surface area contributed by atoms with Crippen LogP contribution in [0.4, 0.5) is 15.8 Å². The first-order chi connectivity index (χ1) is 13.3. The molecule has 1 aromatic carbocycles. The van der Waals surface area contributed by atoms with E-state index in [-0.39, 0.29) is 22.2 Å². The quantitative estimate of drug-likeness (QED) is 0.625. The molecule has 1 aliphatic heterocycles. The van der Waals surface area contributed by atoms with Crippen molar-refractivity contribution in [1.82, 2.24) is 15.9 Å². The monoisotopic (exact) mass is 427 g/mol. The number of hydrogen-bond donors (Lipinski definition) is 3. The number of hydrogen-bond acceptors (Lipinski definition) is 7. The lowest BCUT2D eigenvalue weighted by Gasteiger charge is -2.19. The van der Waals surface area contributed by atoms with Crippen LogP contribution < -0.4 is 25.4 Å². The van der Waals surface area contributed by atoms with Crippen molar-refractivity contribution in [1.29, 1.82) is 0 Å². The lowest BCUT2D eigenvalue weighted by atomic mass is 10.2. The maximum Gasteiger partial charge on any atom is 0.232 e. The molecule has 0 spiro atoms. The van der Waals surface area contributed by atoms with E-state index < -0.39 is 15.8 Å². The lowest BCUT2D eigenvalue weighted by molar-refractivity contribution is 0.412. The van der Waals surface area contributed by atoms with Gasteiger partial charge in [0.2, 0.25) is 10.0 Å². The summed E-state index contributed by atoms with van der Waals surface area (Å²) in [4.78, 5) is 4.08. The Bertz CT molecular complexity index is 1020. The Labute approximate surface area is 167 Å². The topological polar surface area (TPSA) is 95.6 Å². The van der Waals surface area contributed by atoms with E-state index in [1.165, 1.54) is 18.2 Å². The minimum atomic E-state index is -3.57. The third-order valence-corrected chi connectivity index (χ3v) is 5.73. The first-order valence-electron chi connectivity index (χ1n) is 8.35. The second-order valence-corrected chi connectivity index (χ2v) is 8.16. The van der Waals surface area contributed by atoms with Gasteiger partial charge in [0, 0.05) is 18.0 Å². The number of hydrazine groups is 2. The second-order valence-electron chi connectivity index (χ2n) is 5.94. The van der Waals surface area contributed by atoms with Crippen LogP contribution in [0.3, 0.4) is 0 Å². The molecule has 11 heteroatoms. The summed E-state index contributed by atoms with van der Waals surface area (Å²) < 4.78 is 46.1. The van der Waals surface area contributed by atoms with Gasteiger partial charge < -0.3 is 10.2 Å². The summed E-state index contributed by atoms with van der Waals surface area (Å²) in [7, 11) is -2.04. The van der Waals surface area contributed by atoms with E-state index in [1.807, 2.05) is 0 Å². The number of benzene rings is 1. The fraction of sp³-hybridized carbons (Fsp3) is 0.235. The molecule has 0 saturated carbocycles. The van der Waals surface area contributed by atoms with Gasteiger partial charge in [0.15, 0.2) is 0 Å². The van der Waals surface area contributed by atoms with E-state index in [4.69, 9.17) is 16.3 Å². The maximum absolute atomic E-state index is 14.5. The van der Waals surface area contributed by atoms with E-state index in [9.17, 15) is 12.8 Å². The van der Waals surface area contributed by atoms with E-state index >= 15 is 0 Å². The predicted molar refractivity (Wildman–Crippen MR) is 107 cm³/mol. The summed E-state index contributed by atoms with van der Waals surface area (Å²) in [5, 5.41) is 1.25. The molecule has 28 heavy (non-hydrogen) atoms. The van der Waals surface area contributed by atoms with E-state index in [0.29, 0.717) is 23.4 Å². The van der Waals surface area contributed by atoms with Crippen molar-refractivity contribution in [3.05, 3.63) is 53.2 Å². The highest BCUT2D eigenvalue weighted by Gasteiger charge is 2.23. The van der Waals surface area contributed by atoms with Gasteiger partial charge in [0.05, 0.1) is 35.5 Å². The zero-order chi connectivity index (χ0) is 20.3. The third kappa shape index (κ3) is 4.29. The molecule has 1 aliphatic rings. The van der Waals surface area contributed by atoms with Crippen molar-refractivity contribution in [2.75, 3.05) is 22.6 Å². The van der Waals surface area contributed by atoms with Gasteiger partial charge in [-0.15, -0.1) is 5.53 Å². The zero-order valence-electron chi connectivity index (χ0n) is 15.2. The van der Waals surface area contributed by atoms with E-state index in [2.05, 4.69) is 20.7 Å². The van der Waals surface area contributed by atoms with Crippen molar-refractivity contribution in [2.45, 2.75) is 13.3 Å². The molecular weight excluding hydrogens is 409 g/mol. The SMILES string of the molecule is CCCS(=O)(=O)Nc1ccc(F)c(N2C=C(c3cncc(OC)c3)NN2)c1Cl. The number of methoxy groups -OCH3 is 1. The number of nitrogens with one attached hydrogen (secondary N) is 3. The molecule has 1 aromatic heterocycles. The number of sulfonamides is 1. The Morgan fingerprint density at radius 3 is 2.86 bits per heavy atom. The van der Waals surface area contributed by atoms with Gasteiger partial charge in [-0.2, -0.15) is 0 Å². The Morgan fingerprint density at radius 1 is 1.36 bits per heavy atom. The number of aromatic nitrogens is 1. The Kier molecular flexibility index (Phi) is 5.92. The van der Waals surface area contributed by atoms with Gasteiger partial charge >= 0.3 is 0 Å². The third-order valence-electron chi connectivity index (χ3n) is 3.88. The zero-order valence-corrected chi connectivity index (χ0v) is 16.7. The van der Waals surface area contributed by atoms with Crippen LogP contribution in [0.15, 0.2) is 36.8 Å². The van der Waals surface area contributed by atoms with Gasteiger partial charge in [-0.05, 0) is 24.6 Å². The molecule has 0 bridgehead atoms. The number of ether oxygens (including phenoxy) is 1. The fourth-order valence-corrected chi connectivity index (χ4v) is 4.08. The standard InChI is InChI=1S/C17H19ClFN5O3S/c1-3-6-28(25,26)22-14-5-4-13(19)17(16(14)18)24-10-15(21-23-24)11-7-12(27-2)9-20-8-11/h4-5,7-10,21-23H,3,6H2,1-2H3. The van der Waals surface area contributed by atoms with Crippen LogP contribution in [0.2, 0.25) is 5.02 Å². The van der Waals surface area contributed by atoms with Gasteiger partial charge in [0.1, 0.15) is 17.3 Å². The van der Waals surface area contributed by atoms with Gasteiger partial charge in [-0.25, -0.2) is 12.8 Å². The normalized spacial score (nSPS) is 13.9. The molecule has 2 heterocycles. The molecule has 3 N–H and O–H groups in total. The summed E-state index contributed by atoms with van der Waals surface area (Å²) >= 11 is 6.30. The number of pyridine rings is 1. The molecule has 0 atom stereocenters. The van der Waals surface area contributed by atoms with Gasteiger partial charge in [-0.1, -0.05) is 18.5 Å². The van der Waals surface area contributed by atoms with Crippen LogP contribution in [-0.2, 0) is 10.0 Å². The van der Waals surface area contributed by atoms with Gasteiger partial charge in [-0.3, -0.25) is 14.7 Å². The van der Waals surface area contributed by atoms with Crippen molar-refractivity contribution in [3.8, 4) is 5.75 Å². The molecule has 2 aromatic rings. The molecule has 0 saturated heterocycles. The van der Waals surface area contributed by atoms with Gasteiger partial charge in [0.25, 0.3) is 0 Å². The molecule has 3 rings (SSSR count). The van der Waals surface area contributed by atoms with Crippen LogP contribution >= 0.6 is 11.6 Å². The number of anilines is 2. The molecule has 0 fully saturated rings. The van der Waals surface area contributed by atoms with E-state index in [0.717, 1.165) is 6.07 Å². The largest absolute Gasteiger partial charge is 0.495 e. The molecule has 0 unspecified atom stereocenters. The highest BCUT2D eigenvalue weighted by Crippen LogP contribution is 2.37. The van der Waals surface area contributed by atoms with Crippen molar-refractivity contribution in [2.24, 2.45) is 0 Å². The van der Waals surface area contributed by atoms with Crippen LogP contribution in [0, 0.1) is 5.82 Å². The highest BCUT2D eigenvalue weighted by molar-refractivity contribution is 7.92. The number of nitrogens with zero attached hydrogens (tertiary/aromatic N) is 2. The summed E-state index contributed by atoms with van der Waals surface area (Å²) in [6, 6.07) is 4.18. The molecule has 0 radical (unpaired) electrons. The molecule has 0 amide bonds. The van der Waals surface area contributed by atoms with Crippen LogP contribution in [0.25, 0.3) is 5.70 Å². The average molecular weight is 428 g/mol. The van der Waals surface area contributed by atoms with Crippen LogP contribution in [-0.4, -0.2) is 26.3 Å². The minimum absolute atomic E-state index is 0.0308. The summed E-state index contributed by atoms with van der Waals surface area (Å²) in [6.45, 7) is 1.75.